The molecule has 1 unspecified atom stereocenters. The normalized spacial score (nSPS) is 26.4. The highest BCUT2D eigenvalue weighted by atomic mass is 16.5. The highest BCUT2D eigenvalue weighted by molar-refractivity contribution is 5.98. The van der Waals surface area contributed by atoms with E-state index in [0.717, 1.165) is 28.9 Å². The summed E-state index contributed by atoms with van der Waals surface area (Å²) >= 11 is 0. The van der Waals surface area contributed by atoms with E-state index in [4.69, 9.17) is 4.74 Å². The summed E-state index contributed by atoms with van der Waals surface area (Å²) in [5.74, 6) is 0.0478. The van der Waals surface area contributed by atoms with Crippen molar-refractivity contribution in [1.82, 2.24) is 0 Å². The second kappa shape index (κ2) is 6.65. The van der Waals surface area contributed by atoms with Gasteiger partial charge in [-0.25, -0.2) is 0 Å². The number of fused-ring (bicyclic) bond motifs is 1. The van der Waals surface area contributed by atoms with Crippen LogP contribution in [0.15, 0.2) is 48.1 Å². The highest BCUT2D eigenvalue weighted by Gasteiger charge is 2.21. The topological polar surface area (TPSA) is 50.4 Å². The summed E-state index contributed by atoms with van der Waals surface area (Å²) in [6.45, 7) is 4.10. The van der Waals surface area contributed by atoms with Gasteiger partial charge in [0.2, 0.25) is 5.91 Å². The molecule has 4 nitrogen and oxygen atoms in total. The van der Waals surface area contributed by atoms with E-state index in [0.29, 0.717) is 6.42 Å². The van der Waals surface area contributed by atoms with Gasteiger partial charge >= 0.3 is 0 Å². The number of carbonyl (C=O) groups excluding carboxylic acids is 1. The first-order chi connectivity index (χ1) is 11.5. The van der Waals surface area contributed by atoms with Crippen molar-refractivity contribution in [2.75, 3.05) is 17.7 Å². The monoisotopic (exact) mass is 324 g/mol. The largest absolute Gasteiger partial charge is 0.380 e. The van der Waals surface area contributed by atoms with Crippen molar-refractivity contribution in [2.24, 2.45) is 0 Å². The van der Waals surface area contributed by atoms with Gasteiger partial charge in [-0.2, -0.15) is 0 Å². The Labute approximate surface area is 143 Å². The number of nitrogens with one attached hydrogen (secondary N) is 2. The summed E-state index contributed by atoms with van der Waals surface area (Å²) in [5, 5.41) is 6.41. The lowest BCUT2D eigenvalue weighted by molar-refractivity contribution is -0.116. The molecule has 0 saturated carbocycles. The number of carbonyl (C=O) groups is 1. The first-order valence-electron chi connectivity index (χ1n) is 8.31. The van der Waals surface area contributed by atoms with E-state index in [1.54, 1.807) is 7.11 Å². The third-order valence-corrected chi connectivity index (χ3v) is 4.55. The zero-order chi connectivity index (χ0) is 17.2. The maximum atomic E-state index is 11.9. The number of benzene rings is 1. The lowest BCUT2D eigenvalue weighted by Gasteiger charge is -2.25. The van der Waals surface area contributed by atoms with Gasteiger partial charge in [0, 0.05) is 19.6 Å². The SMILES string of the molecule is COC1(C)C=CC(/C=C/c2cccc3c2N[C@H](C)CC(=O)N3)=CC1. The Hall–Kier alpha value is -2.33. The van der Waals surface area contributed by atoms with Crippen LogP contribution in [0.5, 0.6) is 0 Å². The molecule has 2 N–H and O–H groups in total. The molecule has 0 bridgehead atoms. The second-order valence-corrected chi connectivity index (χ2v) is 6.66. The van der Waals surface area contributed by atoms with Crippen LogP contribution in [0.25, 0.3) is 6.08 Å². The van der Waals surface area contributed by atoms with Crippen molar-refractivity contribution in [2.45, 2.75) is 38.3 Å². The first-order valence-corrected chi connectivity index (χ1v) is 8.31. The van der Waals surface area contributed by atoms with E-state index in [9.17, 15) is 4.79 Å². The molecular weight excluding hydrogens is 300 g/mol. The van der Waals surface area contributed by atoms with Gasteiger partial charge in [0.25, 0.3) is 0 Å². The predicted molar refractivity (Wildman–Crippen MR) is 99.1 cm³/mol. The minimum Gasteiger partial charge on any atom is -0.380 e. The van der Waals surface area contributed by atoms with Crippen LogP contribution in [0.3, 0.4) is 0 Å². The van der Waals surface area contributed by atoms with Gasteiger partial charge < -0.3 is 15.4 Å². The number of hydrogen-bond acceptors (Lipinski definition) is 3. The van der Waals surface area contributed by atoms with Crippen LogP contribution in [0.1, 0.15) is 32.3 Å². The number of allylic oxidation sites excluding steroid dienone is 3. The van der Waals surface area contributed by atoms with Crippen LogP contribution in [-0.4, -0.2) is 24.7 Å². The lowest BCUT2D eigenvalue weighted by Crippen LogP contribution is -2.24. The van der Waals surface area contributed by atoms with Crippen molar-refractivity contribution in [3.05, 3.63) is 53.6 Å². The lowest BCUT2D eigenvalue weighted by atomic mass is 9.93. The van der Waals surface area contributed by atoms with Gasteiger partial charge in [-0.3, -0.25) is 4.79 Å². The summed E-state index contributed by atoms with van der Waals surface area (Å²) < 4.78 is 5.49. The fourth-order valence-electron chi connectivity index (χ4n) is 2.94. The van der Waals surface area contributed by atoms with Crippen molar-refractivity contribution < 1.29 is 9.53 Å². The predicted octanol–water partition coefficient (Wildman–Crippen LogP) is 4.13. The molecule has 0 spiro atoms. The number of ether oxygens (including phenoxy) is 1. The average Bonchev–Trinajstić information content (AvgIpc) is 2.71. The Bertz CT molecular complexity index is 733. The zero-order valence-electron chi connectivity index (χ0n) is 14.4. The van der Waals surface area contributed by atoms with Crippen molar-refractivity contribution in [1.29, 1.82) is 0 Å². The van der Waals surface area contributed by atoms with Crippen LogP contribution in [0.4, 0.5) is 11.4 Å². The van der Waals surface area contributed by atoms with Gasteiger partial charge in [-0.05, 0) is 37.5 Å². The fraction of sp³-hybridized carbons (Fsp3) is 0.350. The molecule has 0 radical (unpaired) electrons. The van der Waals surface area contributed by atoms with Crippen LogP contribution in [0.2, 0.25) is 0 Å². The maximum absolute atomic E-state index is 11.9. The summed E-state index contributed by atoms with van der Waals surface area (Å²) in [4.78, 5) is 11.9. The second-order valence-electron chi connectivity index (χ2n) is 6.66. The molecule has 1 amide bonds. The van der Waals surface area contributed by atoms with Gasteiger partial charge in [-0.1, -0.05) is 42.5 Å². The summed E-state index contributed by atoms with van der Waals surface area (Å²) in [7, 11) is 1.74. The Kier molecular flexibility index (Phi) is 4.58. The molecule has 1 aromatic rings. The molecule has 0 saturated heterocycles. The summed E-state index contributed by atoms with van der Waals surface area (Å²) in [6, 6.07) is 6.05. The Balaban J connectivity index is 1.83. The molecule has 2 aliphatic rings. The molecule has 24 heavy (non-hydrogen) atoms. The minimum atomic E-state index is -0.206. The van der Waals surface area contributed by atoms with E-state index < -0.39 is 0 Å². The van der Waals surface area contributed by atoms with E-state index >= 15 is 0 Å². The Morgan fingerprint density at radius 3 is 2.88 bits per heavy atom. The number of para-hydroxylation sites is 1. The third-order valence-electron chi connectivity index (χ3n) is 4.55. The standard InChI is InChI=1S/C20H24N2O2/c1-14-13-18(23)22-17-6-4-5-16(19(17)21-14)8-7-15-9-11-20(2,24-3)12-10-15/h4-11,14,21H,12-13H2,1-3H3,(H,22,23)/b8-7+/t14-,20?/m1/s1. The molecule has 1 aliphatic carbocycles. The van der Waals surface area contributed by atoms with E-state index in [1.165, 1.54) is 0 Å². The number of rotatable bonds is 3. The third kappa shape index (κ3) is 3.60. The van der Waals surface area contributed by atoms with Gasteiger partial charge in [0.15, 0.2) is 0 Å². The molecule has 4 heteroatoms. The molecule has 3 rings (SSSR count). The molecule has 126 valence electrons. The first kappa shape index (κ1) is 16.5. The van der Waals surface area contributed by atoms with Crippen LogP contribution >= 0.6 is 0 Å². The smallest absolute Gasteiger partial charge is 0.226 e. The Morgan fingerprint density at radius 2 is 2.17 bits per heavy atom. The number of anilines is 2. The number of amides is 1. The average molecular weight is 324 g/mol. The maximum Gasteiger partial charge on any atom is 0.226 e. The van der Waals surface area contributed by atoms with Crippen LogP contribution in [-0.2, 0) is 9.53 Å². The fourth-order valence-corrected chi connectivity index (χ4v) is 2.94. The van der Waals surface area contributed by atoms with Crippen LogP contribution < -0.4 is 10.6 Å². The van der Waals surface area contributed by atoms with Crippen molar-refractivity contribution >= 4 is 23.4 Å². The van der Waals surface area contributed by atoms with Crippen molar-refractivity contribution in [3.8, 4) is 0 Å². The quantitative estimate of drug-likeness (QED) is 0.879. The number of hydrogen-bond donors (Lipinski definition) is 2. The Morgan fingerprint density at radius 1 is 1.33 bits per heavy atom. The summed E-state index contributed by atoms with van der Waals surface area (Å²) in [6.07, 6.45) is 11.9. The van der Waals surface area contributed by atoms with Gasteiger partial charge in [0.1, 0.15) is 0 Å². The van der Waals surface area contributed by atoms with Gasteiger partial charge in [-0.15, -0.1) is 0 Å². The van der Waals surface area contributed by atoms with Crippen molar-refractivity contribution in [3.63, 3.8) is 0 Å². The van der Waals surface area contributed by atoms with E-state index in [2.05, 4.69) is 54.0 Å². The van der Waals surface area contributed by atoms with Gasteiger partial charge in [0.05, 0.1) is 17.0 Å². The van der Waals surface area contributed by atoms with Crippen LogP contribution in [0, 0.1) is 0 Å². The zero-order valence-corrected chi connectivity index (χ0v) is 14.4. The molecule has 1 heterocycles. The molecule has 0 aromatic heterocycles. The molecule has 1 aliphatic heterocycles. The molecular formula is C20H24N2O2. The number of methoxy groups -OCH3 is 1. The van der Waals surface area contributed by atoms with E-state index in [1.807, 2.05) is 19.1 Å². The molecule has 1 aromatic carbocycles. The molecule has 2 atom stereocenters. The highest BCUT2D eigenvalue weighted by Crippen LogP contribution is 2.31. The summed E-state index contributed by atoms with van der Waals surface area (Å²) in [5.41, 5.74) is 3.84. The van der Waals surface area contributed by atoms with E-state index in [-0.39, 0.29) is 17.6 Å². The molecule has 0 fully saturated rings. The minimum absolute atomic E-state index is 0.0478.